The molecule has 4 rings (SSSR count). The first kappa shape index (κ1) is 24.3. The normalized spacial score (nSPS) is 17.9. The van der Waals surface area contributed by atoms with Crippen LogP contribution in [0.4, 0.5) is 5.69 Å². The van der Waals surface area contributed by atoms with Gasteiger partial charge in [0.25, 0.3) is 11.7 Å². The second-order valence-corrected chi connectivity index (χ2v) is 10.1. The van der Waals surface area contributed by atoms with Crippen molar-refractivity contribution in [1.82, 2.24) is 0 Å². The van der Waals surface area contributed by atoms with Gasteiger partial charge >= 0.3 is 0 Å². The van der Waals surface area contributed by atoms with Gasteiger partial charge in [0, 0.05) is 11.3 Å². The number of aliphatic hydroxyl groups excluding tert-OH is 1. The Morgan fingerprint density at radius 1 is 1.06 bits per heavy atom. The van der Waals surface area contributed by atoms with E-state index in [-0.39, 0.29) is 22.7 Å². The molecule has 0 aliphatic carbocycles. The molecule has 6 nitrogen and oxygen atoms in total. The number of methoxy groups -OCH3 is 1. The molecule has 0 bridgehead atoms. The number of Topliss-reactive ketones (excluding diaryl/α,β-unsaturated/α-hetero) is 1. The summed E-state index contributed by atoms with van der Waals surface area (Å²) in [6, 6.07) is 15.3. The molecule has 1 aliphatic heterocycles. The molecule has 0 radical (unpaired) electrons. The van der Waals surface area contributed by atoms with Gasteiger partial charge in [0.2, 0.25) is 0 Å². The summed E-state index contributed by atoms with van der Waals surface area (Å²) in [5, 5.41) is 11.4. The number of hydrogen-bond acceptors (Lipinski definition) is 5. The van der Waals surface area contributed by atoms with Crippen LogP contribution in [-0.2, 0) is 15.0 Å². The molecule has 1 amide bonds. The van der Waals surface area contributed by atoms with E-state index in [4.69, 9.17) is 9.15 Å². The Hall–Kier alpha value is -3.80. The first-order valence-electron chi connectivity index (χ1n) is 11.7. The molecule has 1 fully saturated rings. The number of ketones is 1. The van der Waals surface area contributed by atoms with Crippen molar-refractivity contribution < 1.29 is 23.8 Å². The second-order valence-electron chi connectivity index (χ2n) is 10.1. The van der Waals surface area contributed by atoms with E-state index in [0.717, 1.165) is 11.1 Å². The molecule has 2 aromatic carbocycles. The average molecular weight is 474 g/mol. The highest BCUT2D eigenvalue weighted by Crippen LogP contribution is 2.43. The van der Waals surface area contributed by atoms with E-state index >= 15 is 0 Å². The fourth-order valence-electron chi connectivity index (χ4n) is 4.43. The van der Waals surface area contributed by atoms with Crippen molar-refractivity contribution in [2.75, 3.05) is 12.0 Å². The van der Waals surface area contributed by atoms with Crippen LogP contribution in [0.2, 0.25) is 0 Å². The van der Waals surface area contributed by atoms with Crippen LogP contribution in [0.3, 0.4) is 0 Å². The molecule has 35 heavy (non-hydrogen) atoms. The van der Waals surface area contributed by atoms with Gasteiger partial charge in [0.1, 0.15) is 23.3 Å². The van der Waals surface area contributed by atoms with Crippen molar-refractivity contribution in [2.24, 2.45) is 0 Å². The molecular weight excluding hydrogens is 442 g/mol. The lowest BCUT2D eigenvalue weighted by Gasteiger charge is -2.25. The monoisotopic (exact) mass is 473 g/mol. The highest BCUT2D eigenvalue weighted by molar-refractivity contribution is 6.51. The Bertz CT molecular complexity index is 1280. The lowest BCUT2D eigenvalue weighted by Crippen LogP contribution is -2.29. The number of amides is 1. The summed E-state index contributed by atoms with van der Waals surface area (Å²) in [6.07, 6.45) is 1.49. The fraction of sp³-hybridized carbons (Fsp3) is 0.310. The Kier molecular flexibility index (Phi) is 6.32. The topological polar surface area (TPSA) is 80.0 Å². The largest absolute Gasteiger partial charge is 0.507 e. The van der Waals surface area contributed by atoms with Crippen LogP contribution in [0.5, 0.6) is 5.75 Å². The van der Waals surface area contributed by atoms with Gasteiger partial charge in [0.15, 0.2) is 0 Å². The molecular formula is C29H31NO5. The number of hydrogen-bond donors (Lipinski definition) is 1. The molecule has 2 heterocycles. The number of ether oxygens (including phenoxy) is 1. The standard InChI is InChI=1S/C29H31NO5/c1-17(2)21-16-18(9-14-22(21)34-6)26(31)24-25(23-8-7-15-35-23)30(28(33)27(24)32)20-12-10-19(11-13-20)29(3,4)5/h7-17,25,31H,1-6H3/b26-24-. The van der Waals surface area contributed by atoms with E-state index in [0.29, 0.717) is 22.8 Å². The molecule has 1 aliphatic rings. The second kappa shape index (κ2) is 9.10. The molecule has 1 atom stereocenters. The Morgan fingerprint density at radius 3 is 2.29 bits per heavy atom. The minimum Gasteiger partial charge on any atom is -0.507 e. The number of benzene rings is 2. The maximum Gasteiger partial charge on any atom is 0.300 e. The predicted octanol–water partition coefficient (Wildman–Crippen LogP) is 6.34. The third kappa shape index (κ3) is 4.36. The number of nitrogens with zero attached hydrogens (tertiary/aromatic N) is 1. The molecule has 3 aromatic rings. The number of carbonyl (C=O) groups is 2. The van der Waals surface area contributed by atoms with Crippen molar-refractivity contribution >= 4 is 23.1 Å². The molecule has 1 unspecified atom stereocenters. The summed E-state index contributed by atoms with van der Waals surface area (Å²) < 4.78 is 11.1. The van der Waals surface area contributed by atoms with E-state index < -0.39 is 17.7 Å². The molecule has 1 aromatic heterocycles. The van der Waals surface area contributed by atoms with Gasteiger partial charge < -0.3 is 14.3 Å². The third-order valence-corrected chi connectivity index (χ3v) is 6.39. The minimum absolute atomic E-state index is 0.00952. The number of anilines is 1. The molecule has 1 saturated heterocycles. The first-order chi connectivity index (χ1) is 16.5. The number of aliphatic hydroxyl groups is 1. The van der Waals surface area contributed by atoms with Crippen LogP contribution in [0.25, 0.3) is 5.76 Å². The van der Waals surface area contributed by atoms with Gasteiger partial charge in [-0.15, -0.1) is 0 Å². The highest BCUT2D eigenvalue weighted by atomic mass is 16.5. The molecule has 0 saturated carbocycles. The van der Waals surface area contributed by atoms with Crippen LogP contribution in [-0.4, -0.2) is 23.9 Å². The van der Waals surface area contributed by atoms with Gasteiger partial charge in [-0.2, -0.15) is 0 Å². The average Bonchev–Trinajstić information content (AvgIpc) is 3.44. The van der Waals surface area contributed by atoms with Crippen molar-refractivity contribution in [3.05, 3.63) is 88.9 Å². The van der Waals surface area contributed by atoms with E-state index in [1.165, 1.54) is 11.2 Å². The smallest absolute Gasteiger partial charge is 0.300 e. The lowest BCUT2D eigenvalue weighted by atomic mass is 9.87. The predicted molar refractivity (Wildman–Crippen MR) is 136 cm³/mol. The van der Waals surface area contributed by atoms with Crippen molar-refractivity contribution in [3.8, 4) is 5.75 Å². The van der Waals surface area contributed by atoms with E-state index in [9.17, 15) is 14.7 Å². The van der Waals surface area contributed by atoms with Gasteiger partial charge in [-0.05, 0) is 64.9 Å². The maximum absolute atomic E-state index is 13.3. The summed E-state index contributed by atoms with van der Waals surface area (Å²) in [5.41, 5.74) is 2.91. The zero-order valence-corrected chi connectivity index (χ0v) is 21.0. The van der Waals surface area contributed by atoms with Crippen LogP contribution in [0.15, 0.2) is 70.9 Å². The molecule has 182 valence electrons. The summed E-state index contributed by atoms with van der Waals surface area (Å²) in [5.74, 6) is -0.507. The number of carbonyl (C=O) groups excluding carboxylic acids is 2. The fourth-order valence-corrected chi connectivity index (χ4v) is 4.43. The first-order valence-corrected chi connectivity index (χ1v) is 11.7. The summed E-state index contributed by atoms with van der Waals surface area (Å²) in [6.45, 7) is 10.4. The summed E-state index contributed by atoms with van der Waals surface area (Å²) in [4.78, 5) is 28.0. The zero-order chi connectivity index (χ0) is 25.5. The van der Waals surface area contributed by atoms with E-state index in [1.54, 1.807) is 37.4 Å². The van der Waals surface area contributed by atoms with Gasteiger partial charge in [0.05, 0.1) is 18.9 Å². The van der Waals surface area contributed by atoms with Crippen LogP contribution >= 0.6 is 0 Å². The van der Waals surface area contributed by atoms with Crippen LogP contribution in [0, 0.1) is 0 Å². The Morgan fingerprint density at radius 2 is 1.74 bits per heavy atom. The maximum atomic E-state index is 13.3. The molecule has 0 spiro atoms. The zero-order valence-electron chi connectivity index (χ0n) is 21.0. The Balaban J connectivity index is 1.88. The number of furan rings is 1. The van der Waals surface area contributed by atoms with Crippen LogP contribution in [0.1, 0.15) is 69.0 Å². The number of rotatable bonds is 5. The van der Waals surface area contributed by atoms with Gasteiger partial charge in [-0.1, -0.05) is 46.8 Å². The van der Waals surface area contributed by atoms with E-state index in [1.807, 2.05) is 38.1 Å². The van der Waals surface area contributed by atoms with Crippen molar-refractivity contribution in [3.63, 3.8) is 0 Å². The molecule has 1 N–H and O–H groups in total. The van der Waals surface area contributed by atoms with Gasteiger partial charge in [-0.3, -0.25) is 14.5 Å². The van der Waals surface area contributed by atoms with E-state index in [2.05, 4.69) is 20.8 Å². The SMILES string of the molecule is COc1ccc(/C(O)=C2/C(=O)C(=O)N(c3ccc(C(C)(C)C)cc3)C2c2ccco2)cc1C(C)C. The Labute approximate surface area is 205 Å². The van der Waals surface area contributed by atoms with Crippen LogP contribution < -0.4 is 9.64 Å². The quantitative estimate of drug-likeness (QED) is 0.266. The van der Waals surface area contributed by atoms with Gasteiger partial charge in [-0.25, -0.2) is 0 Å². The summed E-state index contributed by atoms with van der Waals surface area (Å²) in [7, 11) is 1.59. The molecule has 6 heteroatoms. The van der Waals surface area contributed by atoms with Crippen molar-refractivity contribution in [1.29, 1.82) is 0 Å². The third-order valence-electron chi connectivity index (χ3n) is 6.39. The highest BCUT2D eigenvalue weighted by Gasteiger charge is 2.48. The summed E-state index contributed by atoms with van der Waals surface area (Å²) >= 11 is 0. The van der Waals surface area contributed by atoms with Crippen molar-refractivity contribution in [2.45, 2.75) is 52.0 Å². The minimum atomic E-state index is -0.893. The lowest BCUT2D eigenvalue weighted by molar-refractivity contribution is -0.132.